The second-order valence-corrected chi connectivity index (χ2v) is 7.55. The molecule has 0 radical (unpaired) electrons. The van der Waals surface area contributed by atoms with E-state index in [0.29, 0.717) is 17.7 Å². The summed E-state index contributed by atoms with van der Waals surface area (Å²) < 4.78 is 0. The molecule has 10 nitrogen and oxygen atoms in total. The minimum absolute atomic E-state index is 0.00402. The number of carbonyl (C=O) groups is 4. The minimum Gasteiger partial charge on any atom is -0.508 e. The predicted molar refractivity (Wildman–Crippen MR) is 115 cm³/mol. The fourth-order valence-corrected chi connectivity index (χ4v) is 3.00. The molecule has 0 aliphatic heterocycles. The fourth-order valence-electron chi connectivity index (χ4n) is 2.48. The van der Waals surface area contributed by atoms with E-state index in [1.54, 1.807) is 0 Å². The highest BCUT2D eigenvalue weighted by Gasteiger charge is 2.30. The monoisotopic (exact) mass is 459 g/mol. The minimum atomic E-state index is -1.67. The molecule has 0 saturated carbocycles. The van der Waals surface area contributed by atoms with Gasteiger partial charge in [0, 0.05) is 12.5 Å². The number of carboxylic acid groups (broad SMARTS) is 2. The molecule has 2 amide bonds. The van der Waals surface area contributed by atoms with E-state index in [4.69, 9.17) is 15.9 Å². The van der Waals surface area contributed by atoms with Crippen molar-refractivity contribution in [1.82, 2.24) is 10.6 Å². The first kappa shape index (κ1) is 25.6. The van der Waals surface area contributed by atoms with Gasteiger partial charge in [-0.15, -0.1) is 0 Å². The number of carbonyl (C=O) groups excluding carboxylic acids is 2. The van der Waals surface area contributed by atoms with Gasteiger partial charge in [0.05, 0.1) is 11.7 Å². The Morgan fingerprint density at radius 2 is 1.57 bits per heavy atom. The highest BCUT2D eigenvalue weighted by atomic mass is 32.1. The number of aliphatic carboxylic acids is 2. The molecule has 4 atom stereocenters. The Hall–Kier alpha value is -2.44. The van der Waals surface area contributed by atoms with E-state index in [-0.39, 0.29) is 12.2 Å². The Labute approximate surface area is 184 Å². The summed E-state index contributed by atoms with van der Waals surface area (Å²) in [5.41, 5.74) is 6.43. The van der Waals surface area contributed by atoms with Gasteiger partial charge in [0.25, 0.3) is 0 Å². The lowest BCUT2D eigenvalue weighted by molar-refractivity contribution is -0.147. The molecule has 0 saturated heterocycles. The number of carboxylic acids is 2. The van der Waals surface area contributed by atoms with Gasteiger partial charge in [-0.3, -0.25) is 14.4 Å². The van der Waals surface area contributed by atoms with Crippen LogP contribution in [-0.4, -0.2) is 68.2 Å². The van der Waals surface area contributed by atoms with E-state index in [1.165, 1.54) is 24.3 Å². The van der Waals surface area contributed by atoms with E-state index in [2.05, 4.69) is 35.9 Å². The van der Waals surface area contributed by atoms with Gasteiger partial charge in [0.2, 0.25) is 11.8 Å². The number of hydrogen-bond donors (Lipinski definition) is 8. The van der Waals surface area contributed by atoms with Gasteiger partial charge in [0.15, 0.2) is 0 Å². The van der Waals surface area contributed by atoms with E-state index < -0.39 is 53.5 Å². The Bertz CT molecular complexity index is 761. The van der Waals surface area contributed by atoms with E-state index in [9.17, 15) is 24.3 Å². The molecule has 0 aromatic heterocycles. The quantitative estimate of drug-likeness (QED) is 0.191. The largest absolute Gasteiger partial charge is 0.508 e. The average Bonchev–Trinajstić information content (AvgIpc) is 2.67. The normalized spacial score (nSPS) is 14.8. The third kappa shape index (κ3) is 8.51. The van der Waals surface area contributed by atoms with Crippen LogP contribution in [0.1, 0.15) is 18.4 Å². The number of amides is 2. The van der Waals surface area contributed by atoms with Crippen molar-refractivity contribution in [3.63, 3.8) is 0 Å². The van der Waals surface area contributed by atoms with Crippen LogP contribution in [0.25, 0.3) is 0 Å². The van der Waals surface area contributed by atoms with Crippen LogP contribution in [0.4, 0.5) is 0 Å². The Kier molecular flexibility index (Phi) is 10.5. The van der Waals surface area contributed by atoms with Gasteiger partial charge in [-0.05, 0) is 29.9 Å². The molecule has 0 bridgehead atoms. The van der Waals surface area contributed by atoms with Crippen LogP contribution < -0.4 is 16.4 Å². The average molecular weight is 460 g/mol. The number of phenolic OH excluding ortho intramolecular Hbond substituents is 1. The second-order valence-electron chi connectivity index (χ2n) is 6.55. The Morgan fingerprint density at radius 1 is 1.00 bits per heavy atom. The molecule has 0 unspecified atom stereocenters. The molecule has 30 heavy (non-hydrogen) atoms. The number of benzene rings is 1. The fraction of sp³-hybridized carbons (Fsp3) is 0.444. The van der Waals surface area contributed by atoms with Crippen LogP contribution in [-0.2, 0) is 25.6 Å². The van der Waals surface area contributed by atoms with Crippen molar-refractivity contribution in [1.29, 1.82) is 0 Å². The standard InChI is InChI=1S/C18H25N3O7S2/c19-11(5-6-29)15(30)17(26)20-12(7-9-1-3-10(22)4-2-9)16(25)21-13(18(27)28)8-14(23)24/h1-4,11-13,15,22,29-30H,5-8,19H2,(H,20,26)(H,21,25)(H,23,24)(H,27,28)/t11-,12+,13+,15-/m1/s1. The van der Waals surface area contributed by atoms with Gasteiger partial charge >= 0.3 is 11.9 Å². The molecule has 0 heterocycles. The first-order chi connectivity index (χ1) is 14.0. The summed E-state index contributed by atoms with van der Waals surface area (Å²) in [6, 6.07) is 2.31. The highest BCUT2D eigenvalue weighted by molar-refractivity contribution is 7.82. The third-order valence-corrected chi connectivity index (χ3v) is 5.01. The van der Waals surface area contributed by atoms with Crippen LogP contribution in [0.3, 0.4) is 0 Å². The van der Waals surface area contributed by atoms with Gasteiger partial charge in [-0.1, -0.05) is 12.1 Å². The highest BCUT2D eigenvalue weighted by Crippen LogP contribution is 2.13. The van der Waals surface area contributed by atoms with Crippen molar-refractivity contribution in [2.75, 3.05) is 5.75 Å². The number of aromatic hydroxyl groups is 1. The maximum Gasteiger partial charge on any atom is 0.326 e. The summed E-state index contributed by atoms with van der Waals surface area (Å²) >= 11 is 8.23. The topological polar surface area (TPSA) is 179 Å². The lowest BCUT2D eigenvalue weighted by Crippen LogP contribution is -2.55. The second kappa shape index (κ2) is 12.3. The van der Waals surface area contributed by atoms with Crippen molar-refractivity contribution in [2.24, 2.45) is 5.73 Å². The van der Waals surface area contributed by atoms with Crippen molar-refractivity contribution in [2.45, 2.75) is 42.6 Å². The van der Waals surface area contributed by atoms with E-state index in [1.807, 2.05) is 0 Å². The summed E-state index contributed by atoms with van der Waals surface area (Å²) in [7, 11) is 0. The Balaban J connectivity index is 3.02. The predicted octanol–water partition coefficient (Wildman–Crippen LogP) is -0.591. The number of thiol groups is 2. The van der Waals surface area contributed by atoms with Crippen molar-refractivity contribution >= 4 is 49.0 Å². The van der Waals surface area contributed by atoms with E-state index >= 15 is 0 Å². The number of nitrogens with one attached hydrogen (secondary N) is 2. The number of rotatable bonds is 12. The first-order valence-electron chi connectivity index (χ1n) is 8.93. The zero-order valence-corrected chi connectivity index (χ0v) is 17.7. The molecule has 12 heteroatoms. The molecule has 166 valence electrons. The zero-order valence-electron chi connectivity index (χ0n) is 15.9. The van der Waals surface area contributed by atoms with Crippen molar-refractivity contribution in [3.05, 3.63) is 29.8 Å². The third-order valence-electron chi connectivity index (χ3n) is 4.14. The molecule has 0 aliphatic rings. The molecular formula is C18H25N3O7S2. The van der Waals surface area contributed by atoms with Crippen LogP contribution >= 0.6 is 25.3 Å². The van der Waals surface area contributed by atoms with E-state index in [0.717, 1.165) is 0 Å². The molecule has 0 fully saturated rings. The van der Waals surface area contributed by atoms with Gasteiger partial charge < -0.3 is 31.7 Å². The summed E-state index contributed by atoms with van der Waals surface area (Å²) in [5, 5.41) is 31.0. The van der Waals surface area contributed by atoms with Crippen molar-refractivity contribution < 1.29 is 34.5 Å². The maximum atomic E-state index is 12.7. The molecular weight excluding hydrogens is 434 g/mol. The van der Waals surface area contributed by atoms with Crippen LogP contribution in [0.2, 0.25) is 0 Å². The molecule has 0 spiro atoms. The summed E-state index contributed by atoms with van der Waals surface area (Å²) in [6.07, 6.45) is -0.470. The molecule has 1 aromatic carbocycles. The number of nitrogens with two attached hydrogens (primary N) is 1. The van der Waals surface area contributed by atoms with Gasteiger partial charge in [-0.2, -0.15) is 25.3 Å². The zero-order chi connectivity index (χ0) is 22.8. The lowest BCUT2D eigenvalue weighted by Gasteiger charge is -2.24. The van der Waals surface area contributed by atoms with Crippen LogP contribution in [0, 0.1) is 0 Å². The smallest absolute Gasteiger partial charge is 0.326 e. The van der Waals surface area contributed by atoms with Crippen molar-refractivity contribution in [3.8, 4) is 5.75 Å². The summed E-state index contributed by atoms with van der Waals surface area (Å²) in [6.45, 7) is 0. The molecule has 7 N–H and O–H groups in total. The first-order valence-corrected chi connectivity index (χ1v) is 10.1. The molecule has 1 aromatic rings. The lowest BCUT2D eigenvalue weighted by atomic mass is 10.0. The molecule has 1 rings (SSSR count). The number of phenols is 1. The number of hydrogen-bond acceptors (Lipinski definition) is 8. The Morgan fingerprint density at radius 3 is 2.07 bits per heavy atom. The SMILES string of the molecule is N[C@H](CCS)[C@@H](S)C(=O)N[C@@H](Cc1ccc(O)cc1)C(=O)N[C@@H](CC(=O)O)C(=O)O. The summed E-state index contributed by atoms with van der Waals surface area (Å²) in [4.78, 5) is 47.3. The van der Waals surface area contributed by atoms with Gasteiger partial charge in [0.1, 0.15) is 17.8 Å². The maximum absolute atomic E-state index is 12.7. The van der Waals surface area contributed by atoms with Gasteiger partial charge in [-0.25, -0.2) is 4.79 Å². The summed E-state index contributed by atoms with van der Waals surface area (Å²) in [5.74, 6) is -4.02. The van der Waals surface area contributed by atoms with Crippen LogP contribution in [0.5, 0.6) is 5.75 Å². The molecule has 0 aliphatic carbocycles. The van der Waals surface area contributed by atoms with Crippen LogP contribution in [0.15, 0.2) is 24.3 Å².